The van der Waals surface area contributed by atoms with Gasteiger partial charge in [-0.15, -0.1) is 6.42 Å². The van der Waals surface area contributed by atoms with Gasteiger partial charge in [-0.05, 0) is 36.8 Å². The molecule has 0 saturated heterocycles. The summed E-state index contributed by atoms with van der Waals surface area (Å²) < 4.78 is 5.72. The Kier molecular flexibility index (Phi) is 3.02. The van der Waals surface area contributed by atoms with Crippen LogP contribution < -0.4 is 10.5 Å². The standard InChI is InChI=1S/C15H13NO/c1-3-12-10-11(2)8-9-14(12)17-15-7-5-4-6-13(15)16/h1,4-10H,16H2,2H3. The number of rotatable bonds is 2. The molecule has 2 N–H and O–H groups in total. The van der Waals surface area contributed by atoms with Crippen molar-refractivity contribution in [1.29, 1.82) is 0 Å². The highest BCUT2D eigenvalue weighted by molar-refractivity contribution is 5.56. The quantitative estimate of drug-likeness (QED) is 0.626. The third kappa shape index (κ3) is 2.40. The minimum atomic E-state index is 0.594. The zero-order chi connectivity index (χ0) is 12.3. The Morgan fingerprint density at radius 2 is 1.88 bits per heavy atom. The fraction of sp³-hybridized carbons (Fsp3) is 0.0667. The van der Waals surface area contributed by atoms with E-state index in [1.807, 2.05) is 43.3 Å². The maximum atomic E-state index is 5.81. The highest BCUT2D eigenvalue weighted by atomic mass is 16.5. The minimum Gasteiger partial charge on any atom is -0.454 e. The van der Waals surface area contributed by atoms with Crippen LogP contribution in [0.5, 0.6) is 11.5 Å². The number of para-hydroxylation sites is 2. The van der Waals surface area contributed by atoms with Crippen LogP contribution in [0.25, 0.3) is 0 Å². The summed E-state index contributed by atoms with van der Waals surface area (Å²) in [7, 11) is 0. The molecule has 0 bridgehead atoms. The van der Waals surface area contributed by atoms with Gasteiger partial charge in [-0.1, -0.05) is 24.1 Å². The normalized spacial score (nSPS) is 9.65. The lowest BCUT2D eigenvalue weighted by Gasteiger charge is -2.10. The minimum absolute atomic E-state index is 0.594. The van der Waals surface area contributed by atoms with Gasteiger partial charge < -0.3 is 10.5 Å². The van der Waals surface area contributed by atoms with E-state index >= 15 is 0 Å². The average Bonchev–Trinajstić information content (AvgIpc) is 2.34. The molecule has 0 aliphatic heterocycles. The van der Waals surface area contributed by atoms with Gasteiger partial charge in [0, 0.05) is 0 Å². The van der Waals surface area contributed by atoms with E-state index in [4.69, 9.17) is 16.9 Å². The third-order valence-corrected chi connectivity index (χ3v) is 2.43. The topological polar surface area (TPSA) is 35.2 Å². The van der Waals surface area contributed by atoms with E-state index in [9.17, 15) is 0 Å². The van der Waals surface area contributed by atoms with E-state index in [-0.39, 0.29) is 0 Å². The monoisotopic (exact) mass is 223 g/mol. The first-order valence-corrected chi connectivity index (χ1v) is 5.30. The maximum Gasteiger partial charge on any atom is 0.150 e. The molecule has 0 fully saturated rings. The number of benzene rings is 2. The Morgan fingerprint density at radius 1 is 1.12 bits per heavy atom. The summed E-state index contributed by atoms with van der Waals surface area (Å²) in [4.78, 5) is 0. The summed E-state index contributed by atoms with van der Waals surface area (Å²) in [6.45, 7) is 1.99. The van der Waals surface area contributed by atoms with Gasteiger partial charge in [0.05, 0.1) is 11.3 Å². The lowest BCUT2D eigenvalue weighted by atomic mass is 10.1. The number of ether oxygens (including phenoxy) is 1. The van der Waals surface area contributed by atoms with Gasteiger partial charge in [0.1, 0.15) is 11.5 Å². The van der Waals surface area contributed by atoms with Gasteiger partial charge in [-0.25, -0.2) is 0 Å². The van der Waals surface area contributed by atoms with E-state index in [0.717, 1.165) is 11.1 Å². The number of aryl methyl sites for hydroxylation is 1. The summed E-state index contributed by atoms with van der Waals surface area (Å²) in [5.74, 6) is 3.88. The molecule has 0 heterocycles. The van der Waals surface area contributed by atoms with Crippen LogP contribution in [0.2, 0.25) is 0 Å². The molecule has 0 amide bonds. The van der Waals surface area contributed by atoms with Crippen molar-refractivity contribution in [2.45, 2.75) is 6.92 Å². The molecule has 0 aromatic heterocycles. The van der Waals surface area contributed by atoms with Crippen molar-refractivity contribution in [3.8, 4) is 23.8 Å². The van der Waals surface area contributed by atoms with Crippen LogP contribution in [0.1, 0.15) is 11.1 Å². The van der Waals surface area contributed by atoms with Crippen molar-refractivity contribution < 1.29 is 4.74 Å². The van der Waals surface area contributed by atoms with E-state index < -0.39 is 0 Å². The zero-order valence-electron chi connectivity index (χ0n) is 9.60. The first-order valence-electron chi connectivity index (χ1n) is 5.30. The first-order chi connectivity index (χ1) is 8.20. The van der Waals surface area contributed by atoms with E-state index in [1.54, 1.807) is 6.07 Å². The molecule has 0 saturated carbocycles. The summed E-state index contributed by atoms with van der Waals surface area (Å²) in [5.41, 5.74) is 8.24. The Labute approximate surface area is 101 Å². The maximum absolute atomic E-state index is 5.81. The predicted octanol–water partition coefficient (Wildman–Crippen LogP) is 3.35. The zero-order valence-corrected chi connectivity index (χ0v) is 9.60. The molecule has 17 heavy (non-hydrogen) atoms. The number of anilines is 1. The second-order valence-corrected chi connectivity index (χ2v) is 3.78. The van der Waals surface area contributed by atoms with Crippen molar-refractivity contribution in [1.82, 2.24) is 0 Å². The predicted molar refractivity (Wildman–Crippen MR) is 70.0 cm³/mol. The molecule has 84 valence electrons. The molecule has 2 nitrogen and oxygen atoms in total. The van der Waals surface area contributed by atoms with Crippen molar-refractivity contribution >= 4 is 5.69 Å². The molecule has 2 aromatic carbocycles. The van der Waals surface area contributed by atoms with E-state index in [2.05, 4.69) is 5.92 Å². The molecule has 0 aliphatic carbocycles. The van der Waals surface area contributed by atoms with Crippen molar-refractivity contribution in [2.75, 3.05) is 5.73 Å². The number of nitrogen functional groups attached to an aromatic ring is 1. The van der Waals surface area contributed by atoms with Crippen molar-refractivity contribution in [2.24, 2.45) is 0 Å². The summed E-state index contributed by atoms with van der Waals surface area (Å²) in [6.07, 6.45) is 5.45. The molecule has 0 atom stereocenters. The van der Waals surface area contributed by atoms with Crippen LogP contribution in [0, 0.1) is 19.3 Å². The summed E-state index contributed by atoms with van der Waals surface area (Å²) in [6, 6.07) is 13.1. The smallest absolute Gasteiger partial charge is 0.150 e. The largest absolute Gasteiger partial charge is 0.454 e. The first kappa shape index (κ1) is 11.1. The van der Waals surface area contributed by atoms with Gasteiger partial charge in [-0.3, -0.25) is 0 Å². The average molecular weight is 223 g/mol. The van der Waals surface area contributed by atoms with E-state index in [1.165, 1.54) is 0 Å². The molecule has 2 heteroatoms. The van der Waals surface area contributed by atoms with E-state index in [0.29, 0.717) is 17.2 Å². The lowest BCUT2D eigenvalue weighted by molar-refractivity contribution is 0.483. The Hall–Kier alpha value is -2.40. The Balaban J connectivity index is 2.37. The SMILES string of the molecule is C#Cc1cc(C)ccc1Oc1ccccc1N. The molecule has 0 unspecified atom stereocenters. The Bertz CT molecular complexity index is 582. The third-order valence-electron chi connectivity index (χ3n) is 2.43. The van der Waals surface area contributed by atoms with Crippen LogP contribution in [-0.4, -0.2) is 0 Å². The fourth-order valence-corrected chi connectivity index (χ4v) is 1.54. The van der Waals surface area contributed by atoms with Crippen LogP contribution >= 0.6 is 0 Å². The molecule has 2 rings (SSSR count). The second kappa shape index (κ2) is 4.63. The number of hydrogen-bond acceptors (Lipinski definition) is 2. The molecular formula is C15H13NO. The number of terminal acetylenes is 1. The Morgan fingerprint density at radius 3 is 2.59 bits per heavy atom. The van der Waals surface area contributed by atoms with Gasteiger partial charge >= 0.3 is 0 Å². The second-order valence-electron chi connectivity index (χ2n) is 3.78. The van der Waals surface area contributed by atoms with Crippen LogP contribution in [0.3, 0.4) is 0 Å². The molecule has 0 spiro atoms. The highest BCUT2D eigenvalue weighted by Crippen LogP contribution is 2.29. The van der Waals surface area contributed by atoms with Crippen molar-refractivity contribution in [3.05, 3.63) is 53.6 Å². The summed E-state index contributed by atoms with van der Waals surface area (Å²) >= 11 is 0. The lowest BCUT2D eigenvalue weighted by Crippen LogP contribution is -1.93. The number of nitrogens with two attached hydrogens (primary N) is 1. The highest BCUT2D eigenvalue weighted by Gasteiger charge is 2.05. The summed E-state index contributed by atoms with van der Waals surface area (Å²) in [5, 5.41) is 0. The molecule has 0 aliphatic rings. The number of hydrogen-bond donors (Lipinski definition) is 1. The van der Waals surface area contributed by atoms with Gasteiger partial charge in [0.2, 0.25) is 0 Å². The van der Waals surface area contributed by atoms with Gasteiger partial charge in [-0.2, -0.15) is 0 Å². The molecule has 2 aromatic rings. The van der Waals surface area contributed by atoms with Crippen molar-refractivity contribution in [3.63, 3.8) is 0 Å². The van der Waals surface area contributed by atoms with Crippen LogP contribution in [-0.2, 0) is 0 Å². The van der Waals surface area contributed by atoms with Gasteiger partial charge in [0.25, 0.3) is 0 Å². The molecule has 0 radical (unpaired) electrons. The molecular weight excluding hydrogens is 210 g/mol. The fourth-order valence-electron chi connectivity index (χ4n) is 1.54. The van der Waals surface area contributed by atoms with Crippen LogP contribution in [0.4, 0.5) is 5.69 Å². The van der Waals surface area contributed by atoms with Gasteiger partial charge in [0.15, 0.2) is 0 Å². The van der Waals surface area contributed by atoms with Crippen LogP contribution in [0.15, 0.2) is 42.5 Å².